The van der Waals surface area contributed by atoms with E-state index in [2.05, 4.69) is 5.16 Å². The zero-order valence-corrected chi connectivity index (χ0v) is 6.10. The van der Waals surface area contributed by atoms with E-state index in [4.69, 9.17) is 16.1 Å². The van der Waals surface area contributed by atoms with Crippen LogP contribution in [0.5, 0.6) is 0 Å². The second kappa shape index (κ2) is 2.20. The predicted octanol–water partition coefficient (Wildman–Crippen LogP) is 2.62. The van der Waals surface area contributed by atoms with Gasteiger partial charge in [0.25, 0.3) is 0 Å². The Morgan fingerprint density at radius 1 is 1.45 bits per heavy atom. The molecule has 0 unspecified atom stereocenters. The maximum absolute atomic E-state index is 12.7. The number of benzene rings is 1. The molecule has 2 aromatic rings. The van der Waals surface area contributed by atoms with E-state index >= 15 is 0 Å². The number of hydrogen-bond acceptors (Lipinski definition) is 2. The fraction of sp³-hybridized carbons (Fsp3) is 0. The summed E-state index contributed by atoms with van der Waals surface area (Å²) < 4.78 is 17.5. The van der Waals surface area contributed by atoms with Crippen LogP contribution in [0.2, 0.25) is 5.02 Å². The van der Waals surface area contributed by atoms with Gasteiger partial charge in [-0.25, -0.2) is 4.39 Å². The van der Waals surface area contributed by atoms with Gasteiger partial charge in [-0.1, -0.05) is 16.8 Å². The molecule has 0 bridgehead atoms. The minimum atomic E-state index is -0.456. The van der Waals surface area contributed by atoms with Gasteiger partial charge in [-0.3, -0.25) is 0 Å². The summed E-state index contributed by atoms with van der Waals surface area (Å²) in [7, 11) is 0. The zero-order valence-electron chi connectivity index (χ0n) is 5.34. The van der Waals surface area contributed by atoms with Crippen LogP contribution in [0.15, 0.2) is 22.9 Å². The number of halogens is 2. The van der Waals surface area contributed by atoms with Gasteiger partial charge in [0, 0.05) is 0 Å². The maximum atomic E-state index is 12.7. The molecule has 0 aliphatic rings. The van der Waals surface area contributed by atoms with Crippen molar-refractivity contribution in [1.82, 2.24) is 5.16 Å². The molecule has 0 saturated heterocycles. The molecule has 0 radical (unpaired) electrons. The van der Waals surface area contributed by atoms with Gasteiger partial charge < -0.3 is 4.52 Å². The molecule has 1 heterocycles. The Kier molecular flexibility index (Phi) is 1.32. The van der Waals surface area contributed by atoms with Crippen LogP contribution in [-0.2, 0) is 0 Å². The number of nitrogens with zero attached hydrogens (tertiary/aromatic N) is 1. The molecular formula is C7H3ClFNO. The third-order valence-corrected chi connectivity index (χ3v) is 1.81. The van der Waals surface area contributed by atoms with Crippen molar-refractivity contribution in [2.24, 2.45) is 0 Å². The molecule has 1 aromatic heterocycles. The summed E-state index contributed by atoms with van der Waals surface area (Å²) >= 11 is 5.59. The molecule has 4 heteroatoms. The van der Waals surface area contributed by atoms with Crippen molar-refractivity contribution in [2.75, 3.05) is 0 Å². The largest absolute Gasteiger partial charge is 0.356 e. The fourth-order valence-corrected chi connectivity index (χ4v) is 1.09. The van der Waals surface area contributed by atoms with Crippen LogP contribution in [0.4, 0.5) is 4.39 Å². The van der Waals surface area contributed by atoms with Crippen LogP contribution in [0.1, 0.15) is 0 Å². The van der Waals surface area contributed by atoms with Crippen LogP contribution in [0.25, 0.3) is 11.0 Å². The molecule has 0 atom stereocenters. The number of fused-ring (bicyclic) bond motifs is 1. The quantitative estimate of drug-likeness (QED) is 0.609. The molecule has 2 rings (SSSR count). The average molecular weight is 172 g/mol. The summed E-state index contributed by atoms with van der Waals surface area (Å²) in [4.78, 5) is 0. The first kappa shape index (κ1) is 6.61. The minimum Gasteiger partial charge on any atom is -0.356 e. The number of aromatic nitrogens is 1. The molecule has 2 nitrogen and oxygen atoms in total. The van der Waals surface area contributed by atoms with E-state index < -0.39 is 5.82 Å². The topological polar surface area (TPSA) is 26.0 Å². The number of hydrogen-bond donors (Lipinski definition) is 0. The van der Waals surface area contributed by atoms with Gasteiger partial charge in [0.1, 0.15) is 5.82 Å². The molecule has 0 spiro atoms. The first-order valence-electron chi connectivity index (χ1n) is 2.97. The van der Waals surface area contributed by atoms with E-state index in [-0.39, 0.29) is 5.02 Å². The summed E-state index contributed by atoms with van der Waals surface area (Å²) in [5, 5.41) is 4.04. The molecule has 0 aliphatic heterocycles. The Morgan fingerprint density at radius 3 is 3.09 bits per heavy atom. The van der Waals surface area contributed by atoms with Crippen molar-refractivity contribution in [3.63, 3.8) is 0 Å². The number of rotatable bonds is 0. The monoisotopic (exact) mass is 171 g/mol. The summed E-state index contributed by atoms with van der Waals surface area (Å²) in [6.45, 7) is 0. The molecule has 0 amide bonds. The summed E-state index contributed by atoms with van der Waals surface area (Å²) in [6.07, 6.45) is 1.39. The second-order valence-electron chi connectivity index (χ2n) is 2.10. The highest BCUT2D eigenvalue weighted by molar-refractivity contribution is 6.35. The van der Waals surface area contributed by atoms with Crippen LogP contribution in [-0.4, -0.2) is 5.16 Å². The summed E-state index contributed by atoms with van der Waals surface area (Å²) in [5.74, 6) is -0.456. The van der Waals surface area contributed by atoms with Gasteiger partial charge >= 0.3 is 0 Å². The van der Waals surface area contributed by atoms with Crippen molar-refractivity contribution in [2.45, 2.75) is 0 Å². The van der Waals surface area contributed by atoms with E-state index in [1.54, 1.807) is 0 Å². The molecule has 1 aromatic carbocycles. The van der Waals surface area contributed by atoms with E-state index in [1.165, 1.54) is 18.3 Å². The van der Waals surface area contributed by atoms with Crippen molar-refractivity contribution >= 4 is 22.6 Å². The maximum Gasteiger partial charge on any atom is 0.168 e. The summed E-state index contributed by atoms with van der Waals surface area (Å²) in [5.41, 5.74) is 0.497. The first-order chi connectivity index (χ1) is 5.29. The standard InChI is InChI=1S/C7H3ClFNO/c8-7-4-3-10-11-6(4)2-1-5(7)9/h1-3H. The molecule has 0 fully saturated rings. The Hall–Kier alpha value is -1.09. The lowest BCUT2D eigenvalue weighted by Gasteiger charge is -1.91. The van der Waals surface area contributed by atoms with E-state index in [9.17, 15) is 4.39 Å². The lowest BCUT2D eigenvalue weighted by Crippen LogP contribution is -1.74. The van der Waals surface area contributed by atoms with Crippen LogP contribution in [0.3, 0.4) is 0 Å². The van der Waals surface area contributed by atoms with E-state index in [0.717, 1.165) is 0 Å². The van der Waals surface area contributed by atoms with Gasteiger partial charge in [-0.05, 0) is 12.1 Å². The SMILES string of the molecule is Fc1ccc2oncc2c1Cl. The average Bonchev–Trinajstić information content (AvgIpc) is 2.45. The van der Waals surface area contributed by atoms with Gasteiger partial charge in [-0.2, -0.15) is 0 Å². The normalized spacial score (nSPS) is 10.7. The highest BCUT2D eigenvalue weighted by atomic mass is 35.5. The summed E-state index contributed by atoms with van der Waals surface area (Å²) in [6, 6.07) is 2.74. The Labute approximate surface area is 66.5 Å². The third kappa shape index (κ3) is 0.886. The van der Waals surface area contributed by atoms with Crippen LogP contribution < -0.4 is 0 Å². The minimum absolute atomic E-state index is 0.0590. The molecule has 56 valence electrons. The fourth-order valence-electron chi connectivity index (χ4n) is 0.884. The predicted molar refractivity (Wildman–Crippen MR) is 39.0 cm³/mol. The van der Waals surface area contributed by atoms with Crippen molar-refractivity contribution in [1.29, 1.82) is 0 Å². The van der Waals surface area contributed by atoms with Gasteiger partial charge in [-0.15, -0.1) is 0 Å². The highest BCUT2D eigenvalue weighted by Gasteiger charge is 2.06. The molecule has 0 aliphatic carbocycles. The van der Waals surface area contributed by atoms with E-state index in [1.807, 2.05) is 0 Å². The molecule has 11 heavy (non-hydrogen) atoms. The highest BCUT2D eigenvalue weighted by Crippen LogP contribution is 2.25. The lowest BCUT2D eigenvalue weighted by molar-refractivity contribution is 0.456. The first-order valence-corrected chi connectivity index (χ1v) is 3.35. The smallest absolute Gasteiger partial charge is 0.168 e. The third-order valence-electron chi connectivity index (χ3n) is 1.43. The van der Waals surface area contributed by atoms with Crippen LogP contribution in [0, 0.1) is 5.82 Å². The molecule has 0 saturated carbocycles. The Bertz CT molecular complexity index is 398. The second-order valence-corrected chi connectivity index (χ2v) is 2.48. The van der Waals surface area contributed by atoms with Crippen molar-refractivity contribution in [3.05, 3.63) is 29.2 Å². The van der Waals surface area contributed by atoms with Gasteiger partial charge in [0.15, 0.2) is 5.58 Å². The Morgan fingerprint density at radius 2 is 2.27 bits per heavy atom. The van der Waals surface area contributed by atoms with E-state index in [0.29, 0.717) is 11.0 Å². The zero-order chi connectivity index (χ0) is 7.84. The molecular weight excluding hydrogens is 169 g/mol. The lowest BCUT2D eigenvalue weighted by atomic mass is 10.2. The van der Waals surface area contributed by atoms with Crippen LogP contribution >= 0.6 is 11.6 Å². The van der Waals surface area contributed by atoms with Crippen molar-refractivity contribution < 1.29 is 8.91 Å². The van der Waals surface area contributed by atoms with Gasteiger partial charge in [0.2, 0.25) is 0 Å². The van der Waals surface area contributed by atoms with Crippen molar-refractivity contribution in [3.8, 4) is 0 Å². The molecule has 0 N–H and O–H groups in total. The van der Waals surface area contributed by atoms with Gasteiger partial charge in [0.05, 0.1) is 16.6 Å². The Balaban J connectivity index is 2.93.